The first-order valence-corrected chi connectivity index (χ1v) is 12.6. The Morgan fingerprint density at radius 3 is 2.54 bits per heavy atom. The standard InChI is InChI=1S/C27H30F2N8O2/c1-15(2)36-10-12-37(13-11-36)16-4-6-19(21(14-16)39-3)33-27-34-25-17(8-9-31-25)26(35-27)32-20-7-5-18(28)23(29)22(20)24(30)38/h4-9,14-15H,10-13H2,1-3H3,(H2,30,38)(H3,31,32,33,34,35)/p+1. The van der Waals surface area contributed by atoms with Crippen LogP contribution in [0.5, 0.6) is 5.75 Å². The van der Waals surface area contributed by atoms with E-state index in [4.69, 9.17) is 10.5 Å². The van der Waals surface area contributed by atoms with Crippen LogP contribution in [0.1, 0.15) is 24.2 Å². The molecule has 4 aromatic rings. The molecule has 1 fully saturated rings. The van der Waals surface area contributed by atoms with Crippen molar-refractivity contribution in [3.05, 3.63) is 59.8 Å². The van der Waals surface area contributed by atoms with Crippen molar-refractivity contribution >= 4 is 45.8 Å². The van der Waals surface area contributed by atoms with Crippen LogP contribution >= 0.6 is 0 Å². The zero-order valence-corrected chi connectivity index (χ0v) is 21.9. The van der Waals surface area contributed by atoms with Gasteiger partial charge in [0, 0.05) is 50.2 Å². The molecule has 1 amide bonds. The zero-order chi connectivity index (χ0) is 27.7. The third-order valence-corrected chi connectivity index (χ3v) is 6.91. The second-order valence-electron chi connectivity index (χ2n) is 9.60. The Morgan fingerprint density at radius 2 is 1.85 bits per heavy atom. The van der Waals surface area contributed by atoms with Crippen LogP contribution in [-0.2, 0) is 0 Å². The van der Waals surface area contributed by atoms with Gasteiger partial charge in [-0.15, -0.1) is 0 Å². The number of aromatic amines is 2. The highest BCUT2D eigenvalue weighted by atomic mass is 19.2. The lowest BCUT2D eigenvalue weighted by Crippen LogP contribution is -2.48. The fourth-order valence-electron chi connectivity index (χ4n) is 4.77. The first-order chi connectivity index (χ1) is 18.7. The summed E-state index contributed by atoms with van der Waals surface area (Å²) in [5.74, 6) is -2.33. The molecule has 2 aromatic heterocycles. The average Bonchev–Trinajstić information content (AvgIpc) is 3.40. The van der Waals surface area contributed by atoms with Crippen molar-refractivity contribution in [2.24, 2.45) is 5.73 Å². The summed E-state index contributed by atoms with van der Waals surface area (Å²) in [6.45, 7) is 8.29. The highest BCUT2D eigenvalue weighted by molar-refractivity contribution is 6.00. The summed E-state index contributed by atoms with van der Waals surface area (Å²) in [5.41, 5.74) is 7.08. The lowest BCUT2D eigenvalue weighted by molar-refractivity contribution is -0.333. The SMILES string of the molecule is COc1cc(N2CCN(C(C)C)CC2)ccc1Nc1nc(Nc2ccc(F)c(F)c2C(N)=O)c2cc[nH]c2[nH+]1. The molecule has 204 valence electrons. The third-order valence-electron chi connectivity index (χ3n) is 6.91. The number of nitrogens with one attached hydrogen (secondary N) is 4. The number of piperazine rings is 1. The minimum atomic E-state index is -1.32. The second kappa shape index (κ2) is 10.7. The number of anilines is 5. The minimum Gasteiger partial charge on any atom is -0.493 e. The monoisotopic (exact) mass is 537 g/mol. The maximum absolute atomic E-state index is 14.4. The number of carbonyl (C=O) groups excluding carboxylic acids is 1. The normalized spacial score (nSPS) is 14.2. The topological polar surface area (TPSA) is 126 Å². The molecule has 0 aliphatic carbocycles. The second-order valence-corrected chi connectivity index (χ2v) is 9.60. The number of hydrogen-bond donors (Lipinski definition) is 4. The molecule has 0 bridgehead atoms. The molecule has 0 saturated carbocycles. The quantitative estimate of drug-likeness (QED) is 0.270. The van der Waals surface area contributed by atoms with Crippen LogP contribution in [0, 0.1) is 11.6 Å². The molecule has 6 N–H and O–H groups in total. The number of primary amides is 1. The Labute approximate surface area is 224 Å². The van der Waals surface area contributed by atoms with Crippen LogP contribution in [-0.4, -0.2) is 60.1 Å². The number of amides is 1. The predicted octanol–water partition coefficient (Wildman–Crippen LogP) is 3.78. The van der Waals surface area contributed by atoms with Gasteiger partial charge in [0.2, 0.25) is 11.5 Å². The van der Waals surface area contributed by atoms with Crippen LogP contribution in [0.3, 0.4) is 0 Å². The molecule has 0 spiro atoms. The van der Waals surface area contributed by atoms with Crippen molar-refractivity contribution in [2.75, 3.05) is 48.8 Å². The van der Waals surface area contributed by atoms with Gasteiger partial charge in [-0.1, -0.05) is 4.98 Å². The highest BCUT2D eigenvalue weighted by Crippen LogP contribution is 2.33. The Bertz CT molecular complexity index is 1520. The number of benzene rings is 2. The molecule has 1 aliphatic rings. The van der Waals surface area contributed by atoms with Gasteiger partial charge in [0.05, 0.1) is 18.2 Å². The number of aromatic nitrogens is 3. The number of carbonyl (C=O) groups is 1. The van der Waals surface area contributed by atoms with E-state index in [0.717, 1.165) is 37.9 Å². The van der Waals surface area contributed by atoms with E-state index in [0.29, 0.717) is 40.3 Å². The number of ether oxygens (including phenoxy) is 1. The maximum Gasteiger partial charge on any atom is 0.351 e. The van der Waals surface area contributed by atoms with Gasteiger partial charge in [-0.05, 0) is 44.2 Å². The summed E-state index contributed by atoms with van der Waals surface area (Å²) in [4.78, 5) is 27.5. The number of hydrogen-bond acceptors (Lipinski definition) is 7. The number of halogens is 2. The number of rotatable bonds is 8. The number of H-pyrrole nitrogens is 2. The summed E-state index contributed by atoms with van der Waals surface area (Å²) in [6.07, 6.45) is 1.70. The fraction of sp³-hybridized carbons (Fsp3) is 0.296. The summed E-state index contributed by atoms with van der Waals surface area (Å²) < 4.78 is 33.8. The van der Waals surface area contributed by atoms with Crippen molar-refractivity contribution in [1.82, 2.24) is 14.9 Å². The first-order valence-electron chi connectivity index (χ1n) is 12.6. The van der Waals surface area contributed by atoms with E-state index >= 15 is 0 Å². The van der Waals surface area contributed by atoms with Crippen molar-refractivity contribution in [1.29, 1.82) is 0 Å². The Morgan fingerprint density at radius 1 is 1.10 bits per heavy atom. The van der Waals surface area contributed by atoms with Crippen molar-refractivity contribution in [2.45, 2.75) is 19.9 Å². The van der Waals surface area contributed by atoms with Gasteiger partial charge in [0.25, 0.3) is 5.91 Å². The van der Waals surface area contributed by atoms with E-state index in [9.17, 15) is 13.6 Å². The van der Waals surface area contributed by atoms with Crippen molar-refractivity contribution in [3.8, 4) is 5.75 Å². The predicted molar refractivity (Wildman–Crippen MR) is 146 cm³/mol. The van der Waals surface area contributed by atoms with Gasteiger partial charge in [-0.2, -0.15) is 0 Å². The van der Waals surface area contributed by atoms with Crippen molar-refractivity contribution in [3.63, 3.8) is 0 Å². The number of nitrogens with two attached hydrogens (primary N) is 1. The van der Waals surface area contributed by atoms with Gasteiger partial charge >= 0.3 is 5.95 Å². The van der Waals surface area contributed by atoms with E-state index in [2.05, 4.69) is 49.2 Å². The van der Waals surface area contributed by atoms with Crippen LogP contribution in [0.15, 0.2) is 42.6 Å². The van der Waals surface area contributed by atoms with Crippen LogP contribution in [0.25, 0.3) is 11.0 Å². The lowest BCUT2D eigenvalue weighted by atomic mass is 10.1. The zero-order valence-electron chi connectivity index (χ0n) is 21.9. The molecule has 1 aliphatic heterocycles. The Hall–Kier alpha value is -4.45. The van der Waals surface area contributed by atoms with Crippen LogP contribution < -0.4 is 31.0 Å². The fourth-order valence-corrected chi connectivity index (χ4v) is 4.77. The van der Waals surface area contributed by atoms with Crippen LogP contribution in [0.4, 0.5) is 37.6 Å². The van der Waals surface area contributed by atoms with Crippen molar-refractivity contribution < 1.29 is 23.3 Å². The van der Waals surface area contributed by atoms with E-state index in [1.807, 2.05) is 18.2 Å². The Kier molecular flexibility index (Phi) is 7.20. The van der Waals surface area contributed by atoms with E-state index in [1.165, 1.54) is 6.07 Å². The molecule has 10 nitrogen and oxygen atoms in total. The van der Waals surface area contributed by atoms with Crippen LogP contribution in [0.2, 0.25) is 0 Å². The molecular formula is C27H31F2N8O2+. The summed E-state index contributed by atoms with van der Waals surface area (Å²) in [7, 11) is 1.60. The molecule has 3 heterocycles. The lowest BCUT2D eigenvalue weighted by Gasteiger charge is -2.38. The highest BCUT2D eigenvalue weighted by Gasteiger charge is 2.23. The number of nitrogens with zero attached hydrogens (tertiary/aromatic N) is 3. The third kappa shape index (κ3) is 5.28. The molecule has 2 aromatic carbocycles. The van der Waals surface area contributed by atoms with E-state index < -0.39 is 23.1 Å². The van der Waals surface area contributed by atoms with Gasteiger partial charge in [0.15, 0.2) is 17.4 Å². The largest absolute Gasteiger partial charge is 0.493 e. The molecule has 12 heteroatoms. The Balaban J connectivity index is 1.43. The summed E-state index contributed by atoms with van der Waals surface area (Å²) in [6, 6.07) is 10.4. The molecule has 0 radical (unpaired) electrons. The maximum atomic E-state index is 14.4. The van der Waals surface area contributed by atoms with Gasteiger partial charge in [-0.25, -0.2) is 13.8 Å². The van der Waals surface area contributed by atoms with Gasteiger partial charge in [0.1, 0.15) is 11.3 Å². The molecule has 1 saturated heterocycles. The van der Waals surface area contributed by atoms with E-state index in [-0.39, 0.29) is 5.69 Å². The minimum absolute atomic E-state index is 0.00644. The average molecular weight is 538 g/mol. The molecule has 39 heavy (non-hydrogen) atoms. The first kappa shape index (κ1) is 26.2. The summed E-state index contributed by atoms with van der Waals surface area (Å²) in [5, 5.41) is 6.79. The molecular weight excluding hydrogens is 506 g/mol. The number of methoxy groups -OCH3 is 1. The number of fused-ring (bicyclic) bond motifs is 1. The smallest absolute Gasteiger partial charge is 0.351 e. The van der Waals surface area contributed by atoms with Gasteiger partial charge < -0.3 is 20.7 Å². The molecule has 0 atom stereocenters. The van der Waals surface area contributed by atoms with Gasteiger partial charge in [-0.3, -0.25) is 20.0 Å². The summed E-state index contributed by atoms with van der Waals surface area (Å²) >= 11 is 0. The molecule has 0 unspecified atom stereocenters. The molecule has 5 rings (SSSR count). The van der Waals surface area contributed by atoms with E-state index in [1.54, 1.807) is 19.4 Å².